The molecule has 2 unspecified atom stereocenters. The molecule has 0 saturated carbocycles. The van der Waals surface area contributed by atoms with Crippen molar-refractivity contribution in [2.45, 2.75) is 58.9 Å². The van der Waals surface area contributed by atoms with Gasteiger partial charge in [-0.3, -0.25) is 4.72 Å². The second-order valence-electron chi connectivity index (χ2n) is 8.15. The van der Waals surface area contributed by atoms with E-state index in [0.29, 0.717) is 29.8 Å². The number of hydrogen-bond donors (Lipinski definition) is 2. The average molecular weight is 431 g/mol. The van der Waals surface area contributed by atoms with Gasteiger partial charge in [0.1, 0.15) is 11.5 Å². The van der Waals surface area contributed by atoms with Crippen LogP contribution < -0.4 is 14.8 Å². The molecule has 1 aliphatic rings. The smallest absolute Gasteiger partial charge is 0.232 e. The fourth-order valence-electron chi connectivity index (χ4n) is 3.93. The molecule has 2 N–H and O–H groups in total. The van der Waals surface area contributed by atoms with Gasteiger partial charge < -0.3 is 10.1 Å². The van der Waals surface area contributed by atoms with Crippen molar-refractivity contribution in [3.63, 3.8) is 0 Å². The Bertz CT molecular complexity index is 926. The first kappa shape index (κ1) is 22.6. The van der Waals surface area contributed by atoms with Crippen molar-refractivity contribution in [1.29, 1.82) is 0 Å². The topological polar surface area (TPSA) is 67.4 Å². The molecule has 0 aromatic heterocycles. The number of ether oxygens (including phenoxy) is 1. The molecule has 6 heteroatoms. The summed E-state index contributed by atoms with van der Waals surface area (Å²) in [7, 11) is -3.31. The van der Waals surface area contributed by atoms with Gasteiger partial charge >= 0.3 is 0 Å². The predicted molar refractivity (Wildman–Crippen MR) is 124 cm³/mol. The normalized spacial score (nSPS) is 17.2. The predicted octanol–water partition coefficient (Wildman–Crippen LogP) is 5.64. The maximum atomic E-state index is 12.2. The van der Waals surface area contributed by atoms with Crippen LogP contribution in [0.1, 0.15) is 63.6 Å². The van der Waals surface area contributed by atoms with Gasteiger partial charge in [-0.1, -0.05) is 52.2 Å². The minimum Gasteiger partial charge on any atom is -0.457 e. The van der Waals surface area contributed by atoms with Gasteiger partial charge in [-0.2, -0.15) is 0 Å². The molecule has 0 bridgehead atoms. The molecule has 0 amide bonds. The summed E-state index contributed by atoms with van der Waals surface area (Å²) in [5, 5.41) is 3.64. The van der Waals surface area contributed by atoms with Gasteiger partial charge in [-0.15, -0.1) is 0 Å². The second kappa shape index (κ2) is 10.3. The molecule has 164 valence electrons. The van der Waals surface area contributed by atoms with Crippen LogP contribution in [0.5, 0.6) is 11.5 Å². The van der Waals surface area contributed by atoms with Crippen LogP contribution in [0.4, 0.5) is 5.69 Å². The van der Waals surface area contributed by atoms with Crippen LogP contribution in [-0.2, 0) is 16.4 Å². The third-order valence-corrected chi connectivity index (χ3v) is 7.20. The van der Waals surface area contributed by atoms with E-state index in [0.717, 1.165) is 38.0 Å². The van der Waals surface area contributed by atoms with Crippen molar-refractivity contribution in [2.24, 2.45) is 5.92 Å². The molecule has 1 heterocycles. The van der Waals surface area contributed by atoms with E-state index in [-0.39, 0.29) is 5.75 Å². The van der Waals surface area contributed by atoms with E-state index in [1.54, 1.807) is 12.1 Å². The van der Waals surface area contributed by atoms with Gasteiger partial charge in [0.25, 0.3) is 0 Å². The third-order valence-electron chi connectivity index (χ3n) is 5.83. The first-order valence-electron chi connectivity index (χ1n) is 11.1. The number of nitrogens with one attached hydrogen (secondary N) is 2. The molecule has 2 aromatic rings. The van der Waals surface area contributed by atoms with E-state index >= 15 is 0 Å². The quantitative estimate of drug-likeness (QED) is 0.478. The molecule has 1 aliphatic heterocycles. The van der Waals surface area contributed by atoms with E-state index in [9.17, 15) is 8.42 Å². The Morgan fingerprint density at radius 2 is 1.90 bits per heavy atom. The van der Waals surface area contributed by atoms with Crippen molar-refractivity contribution < 1.29 is 13.2 Å². The highest BCUT2D eigenvalue weighted by atomic mass is 32.2. The Morgan fingerprint density at radius 3 is 2.60 bits per heavy atom. The SMILES string of the molecule is CCCCCS(=O)(=O)Nc1ccc(Oc2cccc3c2CCNC3C(C)CC)cc1. The van der Waals surface area contributed by atoms with E-state index in [1.165, 1.54) is 11.1 Å². The summed E-state index contributed by atoms with van der Waals surface area (Å²) in [5.74, 6) is 2.30. The minimum absolute atomic E-state index is 0.153. The van der Waals surface area contributed by atoms with Crippen LogP contribution in [-0.4, -0.2) is 20.7 Å². The number of sulfonamides is 1. The molecule has 3 rings (SSSR count). The molecule has 2 atom stereocenters. The molecular weight excluding hydrogens is 396 g/mol. The molecule has 0 saturated heterocycles. The zero-order valence-corrected chi connectivity index (χ0v) is 19.1. The monoisotopic (exact) mass is 430 g/mol. The maximum Gasteiger partial charge on any atom is 0.232 e. The average Bonchev–Trinajstić information content (AvgIpc) is 2.74. The van der Waals surface area contributed by atoms with Gasteiger partial charge in [0.15, 0.2) is 0 Å². The van der Waals surface area contributed by atoms with E-state index in [4.69, 9.17) is 4.74 Å². The number of unbranched alkanes of at least 4 members (excludes halogenated alkanes) is 2. The summed E-state index contributed by atoms with van der Waals surface area (Å²) in [6.45, 7) is 7.51. The lowest BCUT2D eigenvalue weighted by Gasteiger charge is -2.32. The summed E-state index contributed by atoms with van der Waals surface area (Å²) >= 11 is 0. The van der Waals surface area contributed by atoms with Gasteiger partial charge in [-0.25, -0.2) is 8.42 Å². The molecule has 0 aliphatic carbocycles. The summed E-state index contributed by atoms with van der Waals surface area (Å²) in [5.41, 5.74) is 3.15. The standard InChI is InChI=1S/C24H34N2O3S/c1-4-6-7-17-30(27,28)26-19-11-13-20(14-12-19)29-23-10-8-9-22-21(23)15-16-25-24(22)18(3)5-2/h8-14,18,24-26H,4-7,15-17H2,1-3H3. The molecule has 0 fully saturated rings. The molecule has 30 heavy (non-hydrogen) atoms. The van der Waals surface area contributed by atoms with Crippen molar-refractivity contribution in [2.75, 3.05) is 17.0 Å². The Balaban J connectivity index is 1.71. The fraction of sp³-hybridized carbons (Fsp3) is 0.500. The molecular formula is C24H34N2O3S. The van der Waals surface area contributed by atoms with Gasteiger partial charge in [0.2, 0.25) is 10.0 Å². The summed E-state index contributed by atoms with van der Waals surface area (Å²) < 4.78 is 33.2. The van der Waals surface area contributed by atoms with Crippen molar-refractivity contribution >= 4 is 15.7 Å². The van der Waals surface area contributed by atoms with Gasteiger partial charge in [0.05, 0.1) is 5.75 Å². The minimum atomic E-state index is -3.31. The highest BCUT2D eigenvalue weighted by Crippen LogP contribution is 2.37. The largest absolute Gasteiger partial charge is 0.457 e. The van der Waals surface area contributed by atoms with Crippen molar-refractivity contribution in [1.82, 2.24) is 5.32 Å². The molecule has 0 spiro atoms. The van der Waals surface area contributed by atoms with Gasteiger partial charge in [0, 0.05) is 17.3 Å². The number of rotatable bonds is 10. The Kier molecular flexibility index (Phi) is 7.78. The van der Waals surface area contributed by atoms with Crippen LogP contribution in [0.3, 0.4) is 0 Å². The summed E-state index contributed by atoms with van der Waals surface area (Å²) in [6.07, 6.45) is 4.66. The van der Waals surface area contributed by atoms with Crippen LogP contribution >= 0.6 is 0 Å². The summed E-state index contributed by atoms with van der Waals surface area (Å²) in [6, 6.07) is 13.8. The number of anilines is 1. The lowest BCUT2D eigenvalue weighted by Crippen LogP contribution is -2.33. The van der Waals surface area contributed by atoms with E-state index in [1.807, 2.05) is 18.2 Å². The Labute approximate surface area is 181 Å². The third kappa shape index (κ3) is 5.76. The molecule has 0 radical (unpaired) electrons. The fourth-order valence-corrected chi connectivity index (χ4v) is 5.12. The van der Waals surface area contributed by atoms with Gasteiger partial charge in [-0.05, 0) is 61.2 Å². The lowest BCUT2D eigenvalue weighted by molar-refractivity contribution is 0.357. The second-order valence-corrected chi connectivity index (χ2v) is 9.99. The van der Waals surface area contributed by atoms with Crippen LogP contribution in [0.15, 0.2) is 42.5 Å². The van der Waals surface area contributed by atoms with Crippen molar-refractivity contribution in [3.8, 4) is 11.5 Å². The van der Waals surface area contributed by atoms with Crippen molar-refractivity contribution in [3.05, 3.63) is 53.6 Å². The molecule has 5 nitrogen and oxygen atoms in total. The Morgan fingerprint density at radius 1 is 1.13 bits per heavy atom. The highest BCUT2D eigenvalue weighted by molar-refractivity contribution is 7.92. The summed E-state index contributed by atoms with van der Waals surface area (Å²) in [4.78, 5) is 0. The van der Waals surface area contributed by atoms with Crippen LogP contribution in [0.2, 0.25) is 0 Å². The zero-order valence-electron chi connectivity index (χ0n) is 18.3. The first-order valence-corrected chi connectivity index (χ1v) is 12.7. The number of benzene rings is 2. The highest BCUT2D eigenvalue weighted by Gasteiger charge is 2.26. The Hall–Kier alpha value is -2.05. The zero-order chi connectivity index (χ0) is 21.6. The maximum absolute atomic E-state index is 12.2. The molecule has 2 aromatic carbocycles. The lowest BCUT2D eigenvalue weighted by atomic mass is 9.85. The van der Waals surface area contributed by atoms with Crippen LogP contribution in [0, 0.1) is 5.92 Å². The van der Waals surface area contributed by atoms with E-state index < -0.39 is 10.0 Å². The number of hydrogen-bond acceptors (Lipinski definition) is 4. The first-order chi connectivity index (χ1) is 14.4. The number of fused-ring (bicyclic) bond motifs is 1. The van der Waals surface area contributed by atoms with Crippen LogP contribution in [0.25, 0.3) is 0 Å². The van der Waals surface area contributed by atoms with E-state index in [2.05, 4.69) is 42.9 Å².